The average Bonchev–Trinajstić information content (AvgIpc) is 2.87. The van der Waals surface area contributed by atoms with Crippen LogP contribution in [0.25, 0.3) is 10.9 Å². The number of amides is 1. The quantitative estimate of drug-likeness (QED) is 0.735. The Hall–Kier alpha value is -2.30. The predicted molar refractivity (Wildman–Crippen MR) is 85.6 cm³/mol. The van der Waals surface area contributed by atoms with E-state index in [0.717, 1.165) is 22.9 Å². The highest BCUT2D eigenvalue weighted by molar-refractivity contribution is 5.86. The molecule has 118 valence electrons. The number of fused-ring (bicyclic) bond motifs is 1. The number of aliphatic carboxylic acids is 1. The Morgan fingerprint density at radius 1 is 1.27 bits per heavy atom. The minimum atomic E-state index is -1.01. The third-order valence-electron chi connectivity index (χ3n) is 3.68. The zero-order valence-corrected chi connectivity index (χ0v) is 12.9. The van der Waals surface area contributed by atoms with E-state index in [9.17, 15) is 14.7 Å². The number of aromatic amines is 1. The number of carbonyl (C=O) groups excluding carboxylic acids is 1. The van der Waals surface area contributed by atoms with Gasteiger partial charge < -0.3 is 15.4 Å². The molecule has 0 aliphatic carbocycles. The summed E-state index contributed by atoms with van der Waals surface area (Å²) in [4.78, 5) is 26.4. The molecule has 1 heterocycles. The number of para-hydroxylation sites is 1. The van der Waals surface area contributed by atoms with E-state index < -0.39 is 12.0 Å². The molecule has 0 saturated carbocycles. The molecule has 22 heavy (non-hydrogen) atoms. The molecule has 0 aliphatic heterocycles. The van der Waals surface area contributed by atoms with Gasteiger partial charge in [0.1, 0.15) is 6.04 Å². The minimum absolute atomic E-state index is 0.207. The maximum Gasteiger partial charge on any atom is 0.326 e. The van der Waals surface area contributed by atoms with Crippen LogP contribution in [-0.2, 0) is 16.0 Å². The second-order valence-electron chi connectivity index (χ2n) is 5.95. The fraction of sp³-hybridized carbons (Fsp3) is 0.412. The number of benzene rings is 1. The number of aromatic nitrogens is 1. The van der Waals surface area contributed by atoms with Crippen molar-refractivity contribution in [2.75, 3.05) is 0 Å². The number of hydrogen-bond acceptors (Lipinski definition) is 2. The van der Waals surface area contributed by atoms with Crippen LogP contribution in [0.2, 0.25) is 0 Å². The molecule has 5 nitrogen and oxygen atoms in total. The van der Waals surface area contributed by atoms with Gasteiger partial charge in [-0.2, -0.15) is 0 Å². The minimum Gasteiger partial charge on any atom is -0.480 e. The number of carbonyl (C=O) groups is 2. The van der Waals surface area contributed by atoms with Gasteiger partial charge in [0, 0.05) is 29.9 Å². The van der Waals surface area contributed by atoms with E-state index in [4.69, 9.17) is 0 Å². The van der Waals surface area contributed by atoms with E-state index in [1.807, 2.05) is 38.1 Å². The van der Waals surface area contributed by atoms with Crippen molar-refractivity contribution in [2.24, 2.45) is 5.92 Å². The molecule has 0 fully saturated rings. The van der Waals surface area contributed by atoms with Crippen molar-refractivity contribution in [1.82, 2.24) is 10.3 Å². The van der Waals surface area contributed by atoms with Crippen LogP contribution >= 0.6 is 0 Å². The van der Waals surface area contributed by atoms with E-state index >= 15 is 0 Å². The van der Waals surface area contributed by atoms with E-state index in [0.29, 0.717) is 12.3 Å². The number of H-pyrrole nitrogens is 1. The molecular formula is C17H22N2O3. The second kappa shape index (κ2) is 7.11. The molecule has 1 unspecified atom stereocenters. The van der Waals surface area contributed by atoms with Crippen LogP contribution in [0.5, 0.6) is 0 Å². The van der Waals surface area contributed by atoms with Gasteiger partial charge in [0.2, 0.25) is 5.91 Å². The number of rotatable bonds is 7. The summed E-state index contributed by atoms with van der Waals surface area (Å²) in [6.07, 6.45) is 3.19. The summed E-state index contributed by atoms with van der Waals surface area (Å²) in [5, 5.41) is 13.0. The first-order valence-corrected chi connectivity index (χ1v) is 7.54. The van der Waals surface area contributed by atoms with E-state index in [1.165, 1.54) is 0 Å². The molecule has 0 aliphatic rings. The summed E-state index contributed by atoms with van der Waals surface area (Å²) >= 11 is 0. The summed E-state index contributed by atoms with van der Waals surface area (Å²) in [6, 6.07) is 6.82. The summed E-state index contributed by atoms with van der Waals surface area (Å²) in [7, 11) is 0. The first kappa shape index (κ1) is 16.1. The Morgan fingerprint density at radius 3 is 2.68 bits per heavy atom. The van der Waals surface area contributed by atoms with Gasteiger partial charge in [-0.1, -0.05) is 32.0 Å². The van der Waals surface area contributed by atoms with Crippen molar-refractivity contribution in [3.63, 3.8) is 0 Å². The lowest BCUT2D eigenvalue weighted by Gasteiger charge is -2.14. The third kappa shape index (κ3) is 4.10. The maximum absolute atomic E-state index is 11.9. The van der Waals surface area contributed by atoms with Crippen LogP contribution in [0.15, 0.2) is 30.5 Å². The normalized spacial score (nSPS) is 12.5. The Bertz CT molecular complexity index is 661. The van der Waals surface area contributed by atoms with Gasteiger partial charge >= 0.3 is 5.97 Å². The van der Waals surface area contributed by atoms with Crippen LogP contribution in [0, 0.1) is 5.92 Å². The molecule has 5 heteroatoms. The van der Waals surface area contributed by atoms with Crippen molar-refractivity contribution < 1.29 is 14.7 Å². The fourth-order valence-electron chi connectivity index (χ4n) is 2.41. The smallest absolute Gasteiger partial charge is 0.326 e. The fourth-order valence-corrected chi connectivity index (χ4v) is 2.41. The van der Waals surface area contributed by atoms with Gasteiger partial charge in [0.25, 0.3) is 0 Å². The molecule has 0 bridgehead atoms. The lowest BCUT2D eigenvalue weighted by atomic mass is 10.0. The molecule has 2 aromatic rings. The zero-order valence-electron chi connectivity index (χ0n) is 12.9. The first-order valence-electron chi connectivity index (χ1n) is 7.54. The number of nitrogens with one attached hydrogen (secondary N) is 2. The van der Waals surface area contributed by atoms with E-state index in [-0.39, 0.29) is 12.3 Å². The Balaban J connectivity index is 2.06. The molecule has 1 aromatic heterocycles. The molecule has 3 N–H and O–H groups in total. The number of hydrogen-bond donors (Lipinski definition) is 3. The van der Waals surface area contributed by atoms with Crippen molar-refractivity contribution >= 4 is 22.8 Å². The predicted octanol–water partition coefficient (Wildman–Crippen LogP) is 2.72. The van der Waals surface area contributed by atoms with E-state index in [2.05, 4.69) is 10.3 Å². The molecule has 0 saturated heterocycles. The lowest BCUT2D eigenvalue weighted by molar-refractivity contribution is -0.141. The molecule has 0 spiro atoms. The Kier molecular flexibility index (Phi) is 5.20. The van der Waals surface area contributed by atoms with Gasteiger partial charge in [0.15, 0.2) is 0 Å². The van der Waals surface area contributed by atoms with Crippen LogP contribution < -0.4 is 5.32 Å². The molecule has 1 atom stereocenters. The standard InChI is InChI=1S/C17H22N2O3/c1-11(2)7-8-16(20)19-15(17(21)22)9-12-10-18-14-6-4-3-5-13(12)14/h3-6,10-11,15,18H,7-9H2,1-2H3,(H,19,20)(H,21,22). The lowest BCUT2D eigenvalue weighted by Crippen LogP contribution is -2.42. The maximum atomic E-state index is 11.9. The average molecular weight is 302 g/mol. The summed E-state index contributed by atoms with van der Waals surface area (Å²) in [6.45, 7) is 4.07. The number of carboxylic acid groups (broad SMARTS) is 1. The summed E-state index contributed by atoms with van der Waals surface area (Å²) in [5.74, 6) is -0.799. The van der Waals surface area contributed by atoms with Crippen molar-refractivity contribution in [1.29, 1.82) is 0 Å². The summed E-state index contributed by atoms with van der Waals surface area (Å²) < 4.78 is 0. The Morgan fingerprint density at radius 2 is 2.00 bits per heavy atom. The molecule has 0 radical (unpaired) electrons. The monoisotopic (exact) mass is 302 g/mol. The molecule has 2 rings (SSSR count). The van der Waals surface area contributed by atoms with E-state index in [1.54, 1.807) is 6.20 Å². The Labute approximate surface area is 129 Å². The second-order valence-corrected chi connectivity index (χ2v) is 5.95. The van der Waals surface area contributed by atoms with Crippen molar-refractivity contribution in [3.05, 3.63) is 36.0 Å². The van der Waals surface area contributed by atoms with Crippen LogP contribution in [0.1, 0.15) is 32.3 Å². The SMILES string of the molecule is CC(C)CCC(=O)NC(Cc1c[nH]c2ccccc12)C(=O)O. The van der Waals surface area contributed by atoms with Crippen molar-refractivity contribution in [3.8, 4) is 0 Å². The van der Waals surface area contributed by atoms with Gasteiger partial charge in [-0.3, -0.25) is 4.79 Å². The molecular weight excluding hydrogens is 280 g/mol. The van der Waals surface area contributed by atoms with Gasteiger partial charge in [-0.15, -0.1) is 0 Å². The number of carboxylic acids is 1. The van der Waals surface area contributed by atoms with Crippen LogP contribution in [0.3, 0.4) is 0 Å². The van der Waals surface area contributed by atoms with Gasteiger partial charge in [-0.05, 0) is 24.0 Å². The first-order chi connectivity index (χ1) is 10.5. The topological polar surface area (TPSA) is 82.2 Å². The third-order valence-corrected chi connectivity index (χ3v) is 3.68. The van der Waals surface area contributed by atoms with Crippen LogP contribution in [-0.4, -0.2) is 28.0 Å². The molecule has 1 amide bonds. The largest absolute Gasteiger partial charge is 0.480 e. The highest BCUT2D eigenvalue weighted by Crippen LogP contribution is 2.19. The van der Waals surface area contributed by atoms with Crippen LogP contribution in [0.4, 0.5) is 0 Å². The summed E-state index contributed by atoms with van der Waals surface area (Å²) in [5.41, 5.74) is 1.86. The van der Waals surface area contributed by atoms with Gasteiger partial charge in [0.05, 0.1) is 0 Å². The van der Waals surface area contributed by atoms with Gasteiger partial charge in [-0.25, -0.2) is 4.79 Å². The molecule has 1 aromatic carbocycles. The highest BCUT2D eigenvalue weighted by atomic mass is 16.4. The zero-order chi connectivity index (χ0) is 16.1. The van der Waals surface area contributed by atoms with Crippen molar-refractivity contribution in [2.45, 2.75) is 39.2 Å². The highest BCUT2D eigenvalue weighted by Gasteiger charge is 2.21.